The number of hydrogen-bond acceptors (Lipinski definition) is 1. The fourth-order valence-electron chi connectivity index (χ4n) is 1.39. The summed E-state index contributed by atoms with van der Waals surface area (Å²) in [6, 6.07) is 0. The summed E-state index contributed by atoms with van der Waals surface area (Å²) >= 11 is 0. The highest BCUT2D eigenvalue weighted by Crippen LogP contribution is 2.23. The topological polar surface area (TPSA) is 17.1 Å². The molecule has 0 spiro atoms. The maximum absolute atomic E-state index is 13.0. The van der Waals surface area contributed by atoms with E-state index in [1.165, 1.54) is 6.08 Å². The molecule has 0 bridgehead atoms. The number of rotatable bonds is 6. The molecule has 0 aliphatic carbocycles. The van der Waals surface area contributed by atoms with E-state index in [9.17, 15) is 9.18 Å². The first-order valence-corrected chi connectivity index (χ1v) is 5.21. The minimum atomic E-state index is -0.404. The van der Waals surface area contributed by atoms with E-state index < -0.39 is 5.83 Å². The summed E-state index contributed by atoms with van der Waals surface area (Å²) in [7, 11) is 0. The van der Waals surface area contributed by atoms with Crippen molar-refractivity contribution in [3.63, 3.8) is 0 Å². The molecule has 0 saturated carbocycles. The van der Waals surface area contributed by atoms with Crippen molar-refractivity contribution in [2.45, 2.75) is 27.2 Å². The van der Waals surface area contributed by atoms with E-state index in [1.807, 2.05) is 13.8 Å². The fourth-order valence-corrected chi connectivity index (χ4v) is 1.39. The molecule has 2 unspecified atom stereocenters. The molecule has 0 aliphatic rings. The van der Waals surface area contributed by atoms with Crippen molar-refractivity contribution >= 4 is 6.29 Å². The van der Waals surface area contributed by atoms with Gasteiger partial charge < -0.3 is 4.79 Å². The number of hydrogen-bond donors (Lipinski definition) is 0. The number of halogens is 1. The third-order valence-electron chi connectivity index (χ3n) is 2.62. The van der Waals surface area contributed by atoms with Crippen LogP contribution in [0.1, 0.15) is 27.2 Å². The number of carbonyl (C=O) groups excluding carboxylic acids is 1. The monoisotopic (exact) mass is 210 g/mol. The predicted molar refractivity (Wildman–Crippen MR) is 62.2 cm³/mol. The lowest BCUT2D eigenvalue weighted by atomic mass is 9.86. The van der Waals surface area contributed by atoms with Crippen LogP contribution in [0.5, 0.6) is 0 Å². The van der Waals surface area contributed by atoms with Crippen LogP contribution in [-0.2, 0) is 4.79 Å². The van der Waals surface area contributed by atoms with Gasteiger partial charge >= 0.3 is 0 Å². The predicted octanol–water partition coefficient (Wildman–Crippen LogP) is 3.83. The van der Waals surface area contributed by atoms with Gasteiger partial charge in [-0.3, -0.25) is 0 Å². The lowest BCUT2D eigenvalue weighted by molar-refractivity contribution is -0.111. The standard InChI is InChI=1S/C13H19FO/c1-5-10(4)13(9-15)11(6-2)8-12(14)7-3/h6-10,13H,3,5H2,1-2,4H3/b11-6+,12-8+. The molecular weight excluding hydrogens is 191 g/mol. The number of aldehydes is 1. The normalized spacial score (nSPS) is 17.1. The summed E-state index contributed by atoms with van der Waals surface area (Å²) in [5, 5.41) is 0. The second-order valence-electron chi connectivity index (χ2n) is 3.57. The molecule has 0 radical (unpaired) electrons. The van der Waals surface area contributed by atoms with Gasteiger partial charge in [0.15, 0.2) is 0 Å². The smallest absolute Gasteiger partial charge is 0.127 e. The molecule has 15 heavy (non-hydrogen) atoms. The Kier molecular flexibility index (Phi) is 6.59. The van der Waals surface area contributed by atoms with Gasteiger partial charge in [0.1, 0.15) is 12.1 Å². The van der Waals surface area contributed by atoms with E-state index in [4.69, 9.17) is 0 Å². The second kappa shape index (κ2) is 7.16. The lowest BCUT2D eigenvalue weighted by Crippen LogP contribution is -2.14. The summed E-state index contributed by atoms with van der Waals surface area (Å²) in [6.07, 6.45) is 6.06. The van der Waals surface area contributed by atoms with E-state index in [1.54, 1.807) is 13.0 Å². The molecule has 0 N–H and O–H groups in total. The molecule has 2 heteroatoms. The highest BCUT2D eigenvalue weighted by atomic mass is 19.1. The zero-order valence-corrected chi connectivity index (χ0v) is 9.66. The highest BCUT2D eigenvalue weighted by Gasteiger charge is 2.17. The summed E-state index contributed by atoms with van der Waals surface area (Å²) in [4.78, 5) is 11.0. The molecule has 0 rings (SSSR count). The molecule has 2 atom stereocenters. The average molecular weight is 210 g/mol. The van der Waals surface area contributed by atoms with Gasteiger partial charge in [0.05, 0.1) is 0 Å². The van der Waals surface area contributed by atoms with E-state index in [0.717, 1.165) is 24.4 Å². The molecule has 0 heterocycles. The zero-order chi connectivity index (χ0) is 11.8. The van der Waals surface area contributed by atoms with E-state index in [-0.39, 0.29) is 11.8 Å². The van der Waals surface area contributed by atoms with E-state index in [0.29, 0.717) is 0 Å². The minimum absolute atomic E-state index is 0.225. The van der Waals surface area contributed by atoms with E-state index in [2.05, 4.69) is 6.58 Å². The van der Waals surface area contributed by atoms with Crippen molar-refractivity contribution < 1.29 is 9.18 Å². The first kappa shape index (κ1) is 13.8. The summed E-state index contributed by atoms with van der Waals surface area (Å²) in [5.41, 5.74) is 0.719. The fraction of sp³-hybridized carbons (Fsp3) is 0.462. The third-order valence-corrected chi connectivity index (χ3v) is 2.62. The summed E-state index contributed by atoms with van der Waals surface area (Å²) < 4.78 is 13.0. The van der Waals surface area contributed by atoms with Crippen LogP contribution in [0.25, 0.3) is 0 Å². The zero-order valence-electron chi connectivity index (χ0n) is 9.66. The maximum Gasteiger partial charge on any atom is 0.127 e. The largest absolute Gasteiger partial charge is 0.303 e. The van der Waals surface area contributed by atoms with Crippen molar-refractivity contribution in [1.29, 1.82) is 0 Å². The van der Waals surface area contributed by atoms with Crippen molar-refractivity contribution in [2.24, 2.45) is 11.8 Å². The van der Waals surface area contributed by atoms with Gasteiger partial charge in [-0.05, 0) is 30.6 Å². The SMILES string of the molecule is C=C/C(F)=C\C(=C/C)C(C=O)C(C)CC. The second-order valence-corrected chi connectivity index (χ2v) is 3.57. The molecule has 0 aromatic heterocycles. The molecule has 0 amide bonds. The Bertz CT molecular complexity index is 276. The van der Waals surface area contributed by atoms with Crippen LogP contribution in [0, 0.1) is 11.8 Å². The van der Waals surface area contributed by atoms with Crippen molar-refractivity contribution in [2.75, 3.05) is 0 Å². The van der Waals surface area contributed by atoms with Crippen LogP contribution in [0.2, 0.25) is 0 Å². The molecule has 0 saturated heterocycles. The Labute approximate surface area is 91.4 Å². The minimum Gasteiger partial charge on any atom is -0.303 e. The third kappa shape index (κ3) is 4.24. The lowest BCUT2D eigenvalue weighted by Gasteiger charge is -2.18. The molecule has 0 aromatic carbocycles. The Morgan fingerprint density at radius 3 is 2.47 bits per heavy atom. The van der Waals surface area contributed by atoms with Crippen LogP contribution in [0.15, 0.2) is 36.2 Å². The molecule has 0 aliphatic heterocycles. The Balaban J connectivity index is 4.94. The summed E-state index contributed by atoms with van der Waals surface area (Å²) in [6.45, 7) is 9.15. The molecule has 0 fully saturated rings. The number of allylic oxidation sites excluding steroid dienone is 5. The Morgan fingerprint density at radius 1 is 1.53 bits per heavy atom. The van der Waals surface area contributed by atoms with Gasteiger partial charge in [0.25, 0.3) is 0 Å². The molecule has 1 nitrogen and oxygen atoms in total. The van der Waals surface area contributed by atoms with Gasteiger partial charge in [0.2, 0.25) is 0 Å². The molecule has 0 aromatic rings. The quantitative estimate of drug-likeness (QED) is 0.481. The van der Waals surface area contributed by atoms with Crippen molar-refractivity contribution in [3.05, 3.63) is 36.2 Å². The van der Waals surface area contributed by atoms with Gasteiger partial charge in [-0.2, -0.15) is 0 Å². The van der Waals surface area contributed by atoms with Gasteiger partial charge in [-0.25, -0.2) is 4.39 Å². The average Bonchev–Trinajstić information content (AvgIpc) is 2.27. The first-order valence-electron chi connectivity index (χ1n) is 5.21. The summed E-state index contributed by atoms with van der Waals surface area (Å²) in [5.74, 6) is -0.411. The van der Waals surface area contributed by atoms with Crippen LogP contribution >= 0.6 is 0 Å². The van der Waals surface area contributed by atoms with Crippen LogP contribution in [-0.4, -0.2) is 6.29 Å². The van der Waals surface area contributed by atoms with Gasteiger partial charge in [-0.1, -0.05) is 32.9 Å². The van der Waals surface area contributed by atoms with Crippen LogP contribution < -0.4 is 0 Å². The van der Waals surface area contributed by atoms with Gasteiger partial charge in [-0.15, -0.1) is 0 Å². The van der Waals surface area contributed by atoms with Crippen molar-refractivity contribution in [3.8, 4) is 0 Å². The number of carbonyl (C=O) groups is 1. The Morgan fingerprint density at radius 2 is 2.13 bits per heavy atom. The first-order chi connectivity index (χ1) is 7.10. The van der Waals surface area contributed by atoms with E-state index >= 15 is 0 Å². The molecular formula is C13H19FO. The van der Waals surface area contributed by atoms with Gasteiger partial charge in [0, 0.05) is 5.92 Å². The Hall–Kier alpha value is -1.18. The highest BCUT2D eigenvalue weighted by molar-refractivity contribution is 5.61. The molecule has 84 valence electrons. The van der Waals surface area contributed by atoms with Crippen molar-refractivity contribution in [1.82, 2.24) is 0 Å². The van der Waals surface area contributed by atoms with Crippen LogP contribution in [0.3, 0.4) is 0 Å². The maximum atomic E-state index is 13.0. The van der Waals surface area contributed by atoms with Crippen LogP contribution in [0.4, 0.5) is 4.39 Å².